The van der Waals surface area contributed by atoms with Gasteiger partial charge in [0.15, 0.2) is 6.04 Å². The van der Waals surface area contributed by atoms with Crippen molar-refractivity contribution in [1.29, 1.82) is 0 Å². The number of esters is 1. The largest absolute Gasteiger partial charge is 0.467 e. The highest BCUT2D eigenvalue weighted by atomic mass is 16.6. The molecule has 0 aromatic heterocycles. The summed E-state index contributed by atoms with van der Waals surface area (Å²) >= 11 is 0. The van der Waals surface area contributed by atoms with Crippen LogP contribution in [0, 0.1) is 0 Å². The Balaban J connectivity index is 2.62. The van der Waals surface area contributed by atoms with Crippen LogP contribution in [0.3, 0.4) is 0 Å². The van der Waals surface area contributed by atoms with E-state index in [2.05, 4.69) is 0 Å². The Kier molecular flexibility index (Phi) is 5.91. The molecule has 1 aliphatic heterocycles. The number of nitrogens with zero attached hydrogens (tertiary/aromatic N) is 1. The van der Waals surface area contributed by atoms with Gasteiger partial charge in [0.25, 0.3) is 0 Å². The molecule has 0 aliphatic carbocycles. The van der Waals surface area contributed by atoms with Crippen LogP contribution in [0.15, 0.2) is 0 Å². The third-order valence-electron chi connectivity index (χ3n) is 3.05. The highest BCUT2D eigenvalue weighted by Crippen LogP contribution is 2.22. The van der Waals surface area contributed by atoms with Crippen molar-refractivity contribution in [3.05, 3.63) is 0 Å². The number of methoxy groups -OCH3 is 2. The Hall–Kier alpha value is -1.30. The van der Waals surface area contributed by atoms with Crippen LogP contribution in [0.2, 0.25) is 0 Å². The first-order valence-electron chi connectivity index (χ1n) is 6.19. The summed E-state index contributed by atoms with van der Waals surface area (Å²) in [5, 5.41) is 0. The molecule has 1 aliphatic rings. The highest BCUT2D eigenvalue weighted by Gasteiger charge is 2.43. The zero-order valence-electron chi connectivity index (χ0n) is 11.2. The molecule has 0 N–H and O–H groups in total. The Morgan fingerprint density at radius 2 is 2.06 bits per heavy atom. The molecule has 1 rings (SSSR count). The number of hydrogen-bond donors (Lipinski definition) is 0. The van der Waals surface area contributed by atoms with Crippen molar-refractivity contribution >= 4 is 12.1 Å². The Bertz CT molecular complexity index is 294. The molecule has 6 nitrogen and oxygen atoms in total. The van der Waals surface area contributed by atoms with Crippen LogP contribution in [0.25, 0.3) is 0 Å². The van der Waals surface area contributed by atoms with Crippen molar-refractivity contribution in [1.82, 2.24) is 4.90 Å². The van der Waals surface area contributed by atoms with Crippen LogP contribution in [0.4, 0.5) is 4.79 Å². The summed E-state index contributed by atoms with van der Waals surface area (Å²) in [5.74, 6) is -0.466. The number of hydrogen-bond acceptors (Lipinski definition) is 5. The number of rotatable bonds is 5. The molecule has 2 unspecified atom stereocenters. The van der Waals surface area contributed by atoms with Gasteiger partial charge in [0, 0.05) is 13.7 Å². The monoisotopic (exact) mass is 259 g/mol. The predicted molar refractivity (Wildman–Crippen MR) is 64.2 cm³/mol. The molecule has 104 valence electrons. The number of carbonyl (C=O) groups excluding carboxylic acids is 2. The van der Waals surface area contributed by atoms with Gasteiger partial charge in [0.1, 0.15) is 0 Å². The minimum Gasteiger partial charge on any atom is -0.467 e. The van der Waals surface area contributed by atoms with E-state index in [9.17, 15) is 9.59 Å². The molecule has 1 fully saturated rings. The molecule has 0 bridgehead atoms. The van der Waals surface area contributed by atoms with Crippen LogP contribution >= 0.6 is 0 Å². The molecule has 0 spiro atoms. The Morgan fingerprint density at radius 1 is 1.33 bits per heavy atom. The van der Waals surface area contributed by atoms with Crippen LogP contribution in [-0.2, 0) is 19.0 Å². The van der Waals surface area contributed by atoms with Crippen molar-refractivity contribution in [2.45, 2.75) is 38.3 Å². The average molecular weight is 259 g/mol. The fraction of sp³-hybridized carbons (Fsp3) is 0.833. The van der Waals surface area contributed by atoms with Crippen molar-refractivity contribution < 1.29 is 23.8 Å². The summed E-state index contributed by atoms with van der Waals surface area (Å²) in [5.41, 5.74) is 0. The van der Waals surface area contributed by atoms with E-state index in [1.54, 1.807) is 0 Å². The molecule has 1 saturated heterocycles. The van der Waals surface area contributed by atoms with Crippen LogP contribution in [0.1, 0.15) is 26.2 Å². The lowest BCUT2D eigenvalue weighted by Crippen LogP contribution is -2.46. The van der Waals surface area contributed by atoms with E-state index in [1.165, 1.54) is 19.1 Å². The Morgan fingerprint density at radius 3 is 2.61 bits per heavy atom. The Labute approximate surface area is 107 Å². The summed E-state index contributed by atoms with van der Waals surface area (Å²) in [4.78, 5) is 24.9. The lowest BCUT2D eigenvalue weighted by Gasteiger charge is -2.24. The smallest absolute Gasteiger partial charge is 0.410 e. The van der Waals surface area contributed by atoms with Crippen LogP contribution in [0.5, 0.6) is 0 Å². The standard InChI is InChI=1S/C12H21NO5/c1-4-5-8-18-12(15)13-7-6-9(16-2)10(13)11(14)17-3/h9-10H,4-8H2,1-3H3. The lowest BCUT2D eigenvalue weighted by molar-refractivity contribution is -0.148. The number of amides is 1. The minimum atomic E-state index is -0.700. The summed E-state index contributed by atoms with van der Waals surface area (Å²) in [6, 6.07) is -0.700. The first-order chi connectivity index (χ1) is 8.65. The summed E-state index contributed by atoms with van der Waals surface area (Å²) in [6.45, 7) is 2.84. The molecule has 2 atom stereocenters. The lowest BCUT2D eigenvalue weighted by atomic mass is 10.2. The maximum Gasteiger partial charge on any atom is 0.410 e. The maximum absolute atomic E-state index is 11.9. The van der Waals surface area contributed by atoms with Crippen LogP contribution < -0.4 is 0 Å². The van der Waals surface area contributed by atoms with Crippen molar-refractivity contribution in [3.63, 3.8) is 0 Å². The average Bonchev–Trinajstić information content (AvgIpc) is 2.81. The second-order valence-corrected chi connectivity index (χ2v) is 4.19. The molecule has 1 amide bonds. The van der Waals surface area contributed by atoms with Gasteiger partial charge in [0.05, 0.1) is 19.8 Å². The highest BCUT2D eigenvalue weighted by molar-refractivity contribution is 5.82. The van der Waals surface area contributed by atoms with Gasteiger partial charge in [0.2, 0.25) is 0 Å². The first kappa shape index (κ1) is 14.8. The maximum atomic E-state index is 11.9. The van der Waals surface area contributed by atoms with E-state index in [-0.39, 0.29) is 6.10 Å². The van der Waals surface area contributed by atoms with E-state index < -0.39 is 18.1 Å². The molecule has 0 radical (unpaired) electrons. The molecular weight excluding hydrogens is 238 g/mol. The van der Waals surface area contributed by atoms with Gasteiger partial charge in [-0.1, -0.05) is 13.3 Å². The fourth-order valence-corrected chi connectivity index (χ4v) is 2.00. The van der Waals surface area contributed by atoms with Gasteiger partial charge >= 0.3 is 12.1 Å². The van der Waals surface area contributed by atoms with Crippen molar-refractivity contribution in [2.75, 3.05) is 27.4 Å². The molecule has 18 heavy (non-hydrogen) atoms. The first-order valence-corrected chi connectivity index (χ1v) is 6.19. The number of ether oxygens (including phenoxy) is 3. The SMILES string of the molecule is CCCCOC(=O)N1CCC(OC)C1C(=O)OC. The van der Waals surface area contributed by atoms with Gasteiger partial charge in [-0.15, -0.1) is 0 Å². The van der Waals surface area contributed by atoms with Crippen LogP contribution in [-0.4, -0.2) is 56.5 Å². The van der Waals surface area contributed by atoms with E-state index >= 15 is 0 Å². The molecule has 1 heterocycles. The topological polar surface area (TPSA) is 65.1 Å². The predicted octanol–water partition coefficient (Wildman–Crippen LogP) is 1.19. The minimum absolute atomic E-state index is 0.323. The molecule has 0 saturated carbocycles. The second-order valence-electron chi connectivity index (χ2n) is 4.19. The molecule has 0 aromatic rings. The van der Waals surface area contributed by atoms with Crippen molar-refractivity contribution in [2.24, 2.45) is 0 Å². The van der Waals surface area contributed by atoms with Gasteiger partial charge in [-0.25, -0.2) is 9.59 Å². The summed E-state index contributed by atoms with van der Waals surface area (Å²) in [7, 11) is 2.82. The number of unbranched alkanes of at least 4 members (excludes halogenated alkanes) is 1. The van der Waals surface area contributed by atoms with E-state index in [1.807, 2.05) is 6.92 Å². The zero-order valence-corrected chi connectivity index (χ0v) is 11.2. The van der Waals surface area contributed by atoms with E-state index in [0.29, 0.717) is 19.6 Å². The van der Waals surface area contributed by atoms with Gasteiger partial charge < -0.3 is 14.2 Å². The number of carbonyl (C=O) groups is 2. The zero-order chi connectivity index (χ0) is 13.5. The quantitative estimate of drug-likeness (QED) is 0.548. The number of likely N-dealkylation sites (tertiary alicyclic amines) is 1. The molecule has 0 aromatic carbocycles. The summed E-state index contributed by atoms with van der Waals surface area (Å²) < 4.78 is 15.0. The van der Waals surface area contributed by atoms with Gasteiger partial charge in [-0.05, 0) is 12.8 Å². The van der Waals surface area contributed by atoms with Gasteiger partial charge in [-0.2, -0.15) is 0 Å². The molecule has 6 heteroatoms. The third kappa shape index (κ3) is 3.35. The van der Waals surface area contributed by atoms with Gasteiger partial charge in [-0.3, -0.25) is 4.90 Å². The molecular formula is C12H21NO5. The normalized spacial score (nSPS) is 22.9. The third-order valence-corrected chi connectivity index (χ3v) is 3.05. The van der Waals surface area contributed by atoms with E-state index in [4.69, 9.17) is 14.2 Å². The van der Waals surface area contributed by atoms with E-state index in [0.717, 1.165) is 12.8 Å². The fourth-order valence-electron chi connectivity index (χ4n) is 2.00. The second kappa shape index (κ2) is 7.20. The van der Waals surface area contributed by atoms with Crippen molar-refractivity contribution in [3.8, 4) is 0 Å². The summed E-state index contributed by atoms with van der Waals surface area (Å²) in [6.07, 6.45) is 1.58.